The molecule has 0 spiro atoms. The standard InChI is InChI=1S/C12H14O3/c1-7-5-11-9(4-3-8(2)15-11)12(14)10(7)6-13/h5-6,8,14H,3-4H2,1-2H3. The minimum Gasteiger partial charge on any atom is -0.507 e. The van der Waals surface area contributed by atoms with E-state index >= 15 is 0 Å². The van der Waals surface area contributed by atoms with Crippen LogP contribution in [0.3, 0.4) is 0 Å². The first-order chi connectivity index (χ1) is 7.13. The van der Waals surface area contributed by atoms with Crippen LogP contribution in [0.2, 0.25) is 0 Å². The van der Waals surface area contributed by atoms with E-state index < -0.39 is 0 Å². The molecule has 0 radical (unpaired) electrons. The zero-order valence-corrected chi connectivity index (χ0v) is 8.91. The van der Waals surface area contributed by atoms with Crippen molar-refractivity contribution in [2.75, 3.05) is 0 Å². The van der Waals surface area contributed by atoms with E-state index in [1.807, 2.05) is 13.0 Å². The van der Waals surface area contributed by atoms with Crippen LogP contribution < -0.4 is 4.74 Å². The lowest BCUT2D eigenvalue weighted by molar-refractivity contribution is 0.111. The van der Waals surface area contributed by atoms with E-state index in [-0.39, 0.29) is 11.9 Å². The van der Waals surface area contributed by atoms with Gasteiger partial charge in [-0.3, -0.25) is 4.79 Å². The fraction of sp³-hybridized carbons (Fsp3) is 0.417. The second-order valence-corrected chi connectivity index (χ2v) is 4.02. The molecule has 1 unspecified atom stereocenters. The van der Waals surface area contributed by atoms with Crippen LogP contribution >= 0.6 is 0 Å². The topological polar surface area (TPSA) is 46.5 Å². The third-order valence-corrected chi connectivity index (χ3v) is 2.86. The largest absolute Gasteiger partial charge is 0.507 e. The molecule has 1 heterocycles. The number of fused-ring (bicyclic) bond motifs is 1. The SMILES string of the molecule is Cc1cc2c(c(O)c1C=O)CCC(C)O2. The van der Waals surface area contributed by atoms with Crippen LogP contribution in [0.4, 0.5) is 0 Å². The molecule has 2 rings (SSSR count). The van der Waals surface area contributed by atoms with Gasteiger partial charge in [-0.25, -0.2) is 0 Å². The van der Waals surface area contributed by atoms with Gasteiger partial charge in [-0.15, -0.1) is 0 Å². The summed E-state index contributed by atoms with van der Waals surface area (Å²) in [6.45, 7) is 3.80. The molecule has 3 heteroatoms. The number of phenols is 1. The third-order valence-electron chi connectivity index (χ3n) is 2.86. The van der Waals surface area contributed by atoms with E-state index in [1.165, 1.54) is 0 Å². The van der Waals surface area contributed by atoms with Gasteiger partial charge in [-0.2, -0.15) is 0 Å². The van der Waals surface area contributed by atoms with E-state index in [0.29, 0.717) is 17.6 Å². The summed E-state index contributed by atoms with van der Waals surface area (Å²) in [5.74, 6) is 0.807. The van der Waals surface area contributed by atoms with Gasteiger partial charge in [-0.05, 0) is 38.3 Å². The maximum Gasteiger partial charge on any atom is 0.154 e. The Morgan fingerprint density at radius 1 is 1.60 bits per heavy atom. The van der Waals surface area contributed by atoms with Gasteiger partial charge in [0.15, 0.2) is 6.29 Å². The van der Waals surface area contributed by atoms with Crippen LogP contribution in [-0.4, -0.2) is 17.5 Å². The van der Waals surface area contributed by atoms with Gasteiger partial charge in [0.05, 0.1) is 11.7 Å². The van der Waals surface area contributed by atoms with Crippen LogP contribution in [0.25, 0.3) is 0 Å². The molecule has 1 aliphatic rings. The smallest absolute Gasteiger partial charge is 0.154 e. The summed E-state index contributed by atoms with van der Waals surface area (Å²) in [5, 5.41) is 9.89. The number of benzene rings is 1. The van der Waals surface area contributed by atoms with Crippen molar-refractivity contribution < 1.29 is 14.6 Å². The van der Waals surface area contributed by atoms with Crippen molar-refractivity contribution in [3.8, 4) is 11.5 Å². The number of hydrogen-bond donors (Lipinski definition) is 1. The monoisotopic (exact) mass is 206 g/mol. The number of aryl methyl sites for hydroxylation is 1. The second kappa shape index (κ2) is 3.57. The van der Waals surface area contributed by atoms with E-state index in [2.05, 4.69) is 0 Å². The maximum atomic E-state index is 10.8. The summed E-state index contributed by atoms with van der Waals surface area (Å²) in [5.41, 5.74) is 1.91. The second-order valence-electron chi connectivity index (χ2n) is 4.02. The first-order valence-electron chi connectivity index (χ1n) is 5.10. The molecule has 1 aliphatic heterocycles. The van der Waals surface area contributed by atoms with Crippen LogP contribution in [-0.2, 0) is 6.42 Å². The fourth-order valence-electron chi connectivity index (χ4n) is 1.95. The number of rotatable bonds is 1. The molecule has 0 fully saturated rings. The summed E-state index contributed by atoms with van der Waals surface area (Å²) in [4.78, 5) is 10.8. The normalized spacial score (nSPS) is 19.2. The van der Waals surface area contributed by atoms with Gasteiger partial charge < -0.3 is 9.84 Å². The predicted octanol–water partition coefficient (Wildman–Crippen LogP) is 2.23. The minimum absolute atomic E-state index is 0.0897. The highest BCUT2D eigenvalue weighted by molar-refractivity contribution is 5.83. The molecule has 1 aromatic carbocycles. The van der Waals surface area contributed by atoms with E-state index in [0.717, 1.165) is 24.0 Å². The number of phenolic OH excluding ortho intramolecular Hbond substituents is 1. The number of aldehydes is 1. The summed E-state index contributed by atoms with van der Waals surface area (Å²) >= 11 is 0. The van der Waals surface area contributed by atoms with Gasteiger partial charge in [0.2, 0.25) is 0 Å². The molecule has 80 valence electrons. The Bertz CT molecular complexity index is 410. The molecule has 0 saturated carbocycles. The molecule has 1 atom stereocenters. The van der Waals surface area contributed by atoms with Crippen molar-refractivity contribution in [1.82, 2.24) is 0 Å². The van der Waals surface area contributed by atoms with Crippen LogP contribution in [0.15, 0.2) is 6.07 Å². The maximum absolute atomic E-state index is 10.8. The quantitative estimate of drug-likeness (QED) is 0.717. The Morgan fingerprint density at radius 2 is 2.33 bits per heavy atom. The van der Waals surface area contributed by atoms with Gasteiger partial charge in [0.1, 0.15) is 11.5 Å². The Morgan fingerprint density at radius 3 is 3.00 bits per heavy atom. The van der Waals surface area contributed by atoms with E-state index in [4.69, 9.17) is 4.74 Å². The molecule has 0 saturated heterocycles. The van der Waals surface area contributed by atoms with Crippen LogP contribution in [0, 0.1) is 6.92 Å². The molecule has 15 heavy (non-hydrogen) atoms. The fourth-order valence-corrected chi connectivity index (χ4v) is 1.95. The number of carbonyl (C=O) groups excluding carboxylic acids is 1. The summed E-state index contributed by atoms with van der Waals surface area (Å²) in [6.07, 6.45) is 2.52. The predicted molar refractivity (Wildman–Crippen MR) is 56.6 cm³/mol. The summed E-state index contributed by atoms with van der Waals surface area (Å²) in [6, 6.07) is 1.83. The Balaban J connectivity index is 2.57. The van der Waals surface area contributed by atoms with E-state index in [9.17, 15) is 9.90 Å². The number of hydrogen-bond acceptors (Lipinski definition) is 3. The van der Waals surface area contributed by atoms with Crippen molar-refractivity contribution >= 4 is 6.29 Å². The first kappa shape index (κ1) is 10.0. The van der Waals surface area contributed by atoms with Gasteiger partial charge in [-0.1, -0.05) is 0 Å². The molecule has 1 N–H and O–H groups in total. The van der Waals surface area contributed by atoms with Gasteiger partial charge in [0, 0.05) is 5.56 Å². The van der Waals surface area contributed by atoms with Crippen molar-refractivity contribution in [1.29, 1.82) is 0 Å². The van der Waals surface area contributed by atoms with Crippen molar-refractivity contribution in [2.24, 2.45) is 0 Å². The van der Waals surface area contributed by atoms with Gasteiger partial charge in [0.25, 0.3) is 0 Å². The minimum atomic E-state index is 0.0897. The first-order valence-corrected chi connectivity index (χ1v) is 5.10. The van der Waals surface area contributed by atoms with Crippen LogP contribution in [0.5, 0.6) is 11.5 Å². The average Bonchev–Trinajstić information content (AvgIpc) is 2.17. The molecule has 0 amide bonds. The Labute approximate surface area is 88.7 Å². The van der Waals surface area contributed by atoms with Crippen molar-refractivity contribution in [2.45, 2.75) is 32.8 Å². The van der Waals surface area contributed by atoms with Gasteiger partial charge >= 0.3 is 0 Å². The third kappa shape index (κ3) is 1.58. The molecule has 3 nitrogen and oxygen atoms in total. The zero-order valence-electron chi connectivity index (χ0n) is 8.91. The number of ether oxygens (including phenoxy) is 1. The summed E-state index contributed by atoms with van der Waals surface area (Å²) in [7, 11) is 0. The molecule has 0 bridgehead atoms. The molecular weight excluding hydrogens is 192 g/mol. The van der Waals surface area contributed by atoms with Crippen LogP contribution in [0.1, 0.15) is 34.8 Å². The van der Waals surface area contributed by atoms with Crippen molar-refractivity contribution in [3.05, 3.63) is 22.8 Å². The lowest BCUT2D eigenvalue weighted by atomic mass is 9.96. The zero-order chi connectivity index (χ0) is 11.0. The lowest BCUT2D eigenvalue weighted by Crippen LogP contribution is -2.19. The van der Waals surface area contributed by atoms with Crippen molar-refractivity contribution in [3.63, 3.8) is 0 Å². The summed E-state index contributed by atoms with van der Waals surface area (Å²) < 4.78 is 5.62. The Kier molecular flexibility index (Phi) is 2.39. The highest BCUT2D eigenvalue weighted by Crippen LogP contribution is 2.37. The van der Waals surface area contributed by atoms with E-state index in [1.54, 1.807) is 6.92 Å². The molecule has 1 aromatic rings. The number of carbonyl (C=O) groups is 1. The molecule has 0 aromatic heterocycles. The molecular formula is C12H14O3. The molecule has 0 aliphatic carbocycles. The number of aromatic hydroxyl groups is 1. The average molecular weight is 206 g/mol. The Hall–Kier alpha value is -1.51. The lowest BCUT2D eigenvalue weighted by Gasteiger charge is -2.25. The highest BCUT2D eigenvalue weighted by Gasteiger charge is 2.22. The highest BCUT2D eigenvalue weighted by atomic mass is 16.5.